The minimum atomic E-state index is -0.509. The standard InChI is InChI=1S/C18H24Br2O4/c1-4-5-8-23-17(21)13-10-15(19)16(20)11-14(13)18(22)24-9-6-7-12(2)3/h10-12H,4-9H2,1-3H3. The third-order valence-electron chi connectivity index (χ3n) is 3.39. The summed E-state index contributed by atoms with van der Waals surface area (Å²) in [6.07, 6.45) is 3.51. The van der Waals surface area contributed by atoms with E-state index in [9.17, 15) is 9.59 Å². The van der Waals surface area contributed by atoms with Gasteiger partial charge in [0.15, 0.2) is 0 Å². The second kappa shape index (κ2) is 10.9. The van der Waals surface area contributed by atoms with Gasteiger partial charge in [-0.25, -0.2) is 9.59 Å². The fraction of sp³-hybridized carbons (Fsp3) is 0.556. The van der Waals surface area contributed by atoms with E-state index in [2.05, 4.69) is 45.7 Å². The maximum absolute atomic E-state index is 12.3. The molecule has 0 aromatic heterocycles. The second-order valence-corrected chi connectivity index (χ2v) is 7.68. The Morgan fingerprint density at radius 1 is 0.958 bits per heavy atom. The average Bonchev–Trinajstić information content (AvgIpc) is 2.53. The minimum Gasteiger partial charge on any atom is -0.462 e. The van der Waals surface area contributed by atoms with Gasteiger partial charge < -0.3 is 9.47 Å². The first-order valence-corrected chi connectivity index (χ1v) is 9.78. The van der Waals surface area contributed by atoms with Crippen LogP contribution in [0.5, 0.6) is 0 Å². The van der Waals surface area contributed by atoms with E-state index >= 15 is 0 Å². The Bertz CT molecular complexity index is 570. The van der Waals surface area contributed by atoms with Crippen molar-refractivity contribution in [1.82, 2.24) is 0 Å². The zero-order valence-electron chi connectivity index (χ0n) is 14.4. The molecule has 0 unspecified atom stereocenters. The van der Waals surface area contributed by atoms with Gasteiger partial charge in [-0.2, -0.15) is 0 Å². The molecule has 0 radical (unpaired) electrons. The number of benzene rings is 1. The molecular formula is C18H24Br2O4. The van der Waals surface area contributed by atoms with Gasteiger partial charge in [-0.05, 0) is 69.2 Å². The number of carbonyl (C=O) groups excluding carboxylic acids is 2. The molecule has 0 saturated carbocycles. The highest BCUT2D eigenvalue weighted by molar-refractivity contribution is 9.13. The molecule has 0 heterocycles. The third-order valence-corrected chi connectivity index (χ3v) is 5.23. The molecule has 0 atom stereocenters. The van der Waals surface area contributed by atoms with E-state index in [0.717, 1.165) is 25.7 Å². The van der Waals surface area contributed by atoms with E-state index in [1.165, 1.54) is 0 Å². The van der Waals surface area contributed by atoms with Crippen molar-refractivity contribution >= 4 is 43.8 Å². The summed E-state index contributed by atoms with van der Waals surface area (Å²) >= 11 is 6.71. The van der Waals surface area contributed by atoms with Gasteiger partial charge in [0, 0.05) is 8.95 Å². The Balaban J connectivity index is 2.85. The first-order chi connectivity index (χ1) is 11.4. The molecule has 1 aromatic carbocycles. The number of carbonyl (C=O) groups is 2. The fourth-order valence-electron chi connectivity index (χ4n) is 2.01. The lowest BCUT2D eigenvalue weighted by Crippen LogP contribution is -2.15. The van der Waals surface area contributed by atoms with E-state index in [0.29, 0.717) is 28.1 Å². The number of hydrogen-bond donors (Lipinski definition) is 0. The van der Waals surface area contributed by atoms with E-state index < -0.39 is 11.9 Å². The molecule has 0 aliphatic carbocycles. The highest BCUT2D eigenvalue weighted by atomic mass is 79.9. The molecule has 0 saturated heterocycles. The van der Waals surface area contributed by atoms with Gasteiger partial charge in [-0.1, -0.05) is 27.2 Å². The smallest absolute Gasteiger partial charge is 0.339 e. The molecular weight excluding hydrogens is 440 g/mol. The molecule has 24 heavy (non-hydrogen) atoms. The number of esters is 2. The molecule has 0 aliphatic heterocycles. The predicted octanol–water partition coefficient (Wildman–Crippen LogP) is 5.76. The van der Waals surface area contributed by atoms with Crippen LogP contribution < -0.4 is 0 Å². The summed E-state index contributed by atoms with van der Waals surface area (Å²) in [6, 6.07) is 3.17. The SMILES string of the molecule is CCCCOC(=O)c1cc(Br)c(Br)cc1C(=O)OCCCC(C)C. The molecule has 4 nitrogen and oxygen atoms in total. The lowest BCUT2D eigenvalue weighted by Gasteiger charge is -2.12. The Morgan fingerprint density at radius 2 is 1.42 bits per heavy atom. The molecule has 1 rings (SSSR count). The summed E-state index contributed by atoms with van der Waals surface area (Å²) in [5, 5.41) is 0. The van der Waals surface area contributed by atoms with Gasteiger partial charge in [0.1, 0.15) is 0 Å². The van der Waals surface area contributed by atoms with Crippen molar-refractivity contribution in [1.29, 1.82) is 0 Å². The Morgan fingerprint density at radius 3 is 1.83 bits per heavy atom. The lowest BCUT2D eigenvalue weighted by molar-refractivity contribution is 0.0450. The molecule has 0 amide bonds. The molecule has 0 spiro atoms. The van der Waals surface area contributed by atoms with Crippen LogP contribution in [-0.2, 0) is 9.47 Å². The Hall–Kier alpha value is -0.880. The van der Waals surface area contributed by atoms with Crippen molar-refractivity contribution < 1.29 is 19.1 Å². The van der Waals surface area contributed by atoms with Crippen LogP contribution in [0.25, 0.3) is 0 Å². The fourth-order valence-corrected chi connectivity index (χ4v) is 2.69. The van der Waals surface area contributed by atoms with Crippen LogP contribution in [-0.4, -0.2) is 25.2 Å². The van der Waals surface area contributed by atoms with Crippen molar-refractivity contribution in [2.75, 3.05) is 13.2 Å². The van der Waals surface area contributed by atoms with Crippen LogP contribution in [0.1, 0.15) is 67.2 Å². The van der Waals surface area contributed by atoms with Crippen molar-refractivity contribution in [3.05, 3.63) is 32.2 Å². The van der Waals surface area contributed by atoms with Crippen molar-refractivity contribution in [2.45, 2.75) is 46.5 Å². The monoisotopic (exact) mass is 462 g/mol. The minimum absolute atomic E-state index is 0.218. The van der Waals surface area contributed by atoms with Gasteiger partial charge >= 0.3 is 11.9 Å². The Labute approximate surface area is 160 Å². The molecule has 134 valence electrons. The predicted molar refractivity (Wildman–Crippen MR) is 101 cm³/mol. The number of unbranched alkanes of at least 4 members (excludes halogenated alkanes) is 1. The normalized spacial score (nSPS) is 10.8. The highest BCUT2D eigenvalue weighted by Crippen LogP contribution is 2.28. The summed E-state index contributed by atoms with van der Waals surface area (Å²) in [5.41, 5.74) is 0.436. The largest absolute Gasteiger partial charge is 0.462 e. The highest BCUT2D eigenvalue weighted by Gasteiger charge is 2.21. The number of halogens is 2. The molecule has 1 aromatic rings. The summed E-state index contributed by atoms with van der Waals surface area (Å²) in [6.45, 7) is 6.95. The number of rotatable bonds is 9. The zero-order valence-corrected chi connectivity index (χ0v) is 17.5. The number of hydrogen-bond acceptors (Lipinski definition) is 4. The molecule has 0 aliphatic rings. The van der Waals surface area contributed by atoms with Crippen LogP contribution in [0.3, 0.4) is 0 Å². The number of ether oxygens (including phenoxy) is 2. The van der Waals surface area contributed by atoms with E-state index in [1.54, 1.807) is 12.1 Å². The molecule has 0 fully saturated rings. The molecule has 0 bridgehead atoms. The first kappa shape index (κ1) is 21.2. The van der Waals surface area contributed by atoms with Crippen LogP contribution in [0.15, 0.2) is 21.1 Å². The van der Waals surface area contributed by atoms with E-state index in [-0.39, 0.29) is 11.1 Å². The summed E-state index contributed by atoms with van der Waals surface area (Å²) in [7, 11) is 0. The quantitative estimate of drug-likeness (QED) is 0.345. The topological polar surface area (TPSA) is 52.6 Å². The first-order valence-electron chi connectivity index (χ1n) is 8.20. The second-order valence-electron chi connectivity index (χ2n) is 5.97. The maximum atomic E-state index is 12.3. The summed E-state index contributed by atoms with van der Waals surface area (Å²) in [4.78, 5) is 24.6. The summed E-state index contributed by atoms with van der Waals surface area (Å²) < 4.78 is 11.9. The van der Waals surface area contributed by atoms with Crippen molar-refractivity contribution in [3.8, 4) is 0 Å². The van der Waals surface area contributed by atoms with Crippen LogP contribution >= 0.6 is 31.9 Å². The zero-order chi connectivity index (χ0) is 18.1. The Kier molecular flexibility index (Phi) is 9.59. The molecule has 6 heteroatoms. The molecule has 0 N–H and O–H groups in total. The van der Waals surface area contributed by atoms with E-state index in [1.807, 2.05) is 6.92 Å². The van der Waals surface area contributed by atoms with Gasteiger partial charge in [-0.15, -0.1) is 0 Å². The van der Waals surface area contributed by atoms with Gasteiger partial charge in [0.25, 0.3) is 0 Å². The lowest BCUT2D eigenvalue weighted by atomic mass is 10.1. The van der Waals surface area contributed by atoms with Crippen LogP contribution in [0, 0.1) is 5.92 Å². The van der Waals surface area contributed by atoms with E-state index in [4.69, 9.17) is 9.47 Å². The van der Waals surface area contributed by atoms with Crippen molar-refractivity contribution in [3.63, 3.8) is 0 Å². The van der Waals surface area contributed by atoms with Gasteiger partial charge in [0.2, 0.25) is 0 Å². The van der Waals surface area contributed by atoms with Crippen molar-refractivity contribution in [2.24, 2.45) is 5.92 Å². The third kappa shape index (κ3) is 6.93. The van der Waals surface area contributed by atoms with Gasteiger partial charge in [-0.3, -0.25) is 0 Å². The maximum Gasteiger partial charge on any atom is 0.339 e. The van der Waals surface area contributed by atoms with Crippen LogP contribution in [0.2, 0.25) is 0 Å². The summed E-state index contributed by atoms with van der Waals surface area (Å²) in [5.74, 6) is -0.449. The average molecular weight is 464 g/mol. The van der Waals surface area contributed by atoms with Crippen LogP contribution in [0.4, 0.5) is 0 Å². The van der Waals surface area contributed by atoms with Gasteiger partial charge in [0.05, 0.1) is 24.3 Å².